The van der Waals surface area contributed by atoms with Crippen molar-refractivity contribution in [2.24, 2.45) is 5.73 Å². The molecule has 0 heterocycles. The predicted molar refractivity (Wildman–Crippen MR) is 101 cm³/mol. The highest BCUT2D eigenvalue weighted by Gasteiger charge is 2.21. The Kier molecular flexibility index (Phi) is 6.39. The summed E-state index contributed by atoms with van der Waals surface area (Å²) in [4.78, 5) is 25.2. The maximum absolute atomic E-state index is 12.9. The number of primary amides is 1. The average molecular weight is 340 g/mol. The zero-order valence-electron chi connectivity index (χ0n) is 14.2. The molecule has 6 heteroatoms. The molecule has 0 aliphatic heterocycles. The summed E-state index contributed by atoms with van der Waals surface area (Å²) in [7, 11) is 0. The molecular weight excluding hydrogens is 316 g/mol. The van der Waals surface area contributed by atoms with E-state index < -0.39 is 0 Å². The van der Waals surface area contributed by atoms with Crippen LogP contribution in [-0.2, 0) is 9.59 Å². The predicted octanol–water partition coefficient (Wildman–Crippen LogP) is 2.95. The van der Waals surface area contributed by atoms with Gasteiger partial charge >= 0.3 is 0 Å². The van der Waals surface area contributed by atoms with Gasteiger partial charge in [-0.25, -0.2) is 0 Å². The Morgan fingerprint density at radius 1 is 0.760 bits per heavy atom. The molecule has 6 nitrogen and oxygen atoms in total. The van der Waals surface area contributed by atoms with E-state index in [1.54, 1.807) is 29.2 Å². The minimum absolute atomic E-state index is 0.0881. The van der Waals surface area contributed by atoms with Crippen molar-refractivity contribution in [3.8, 4) is 0 Å². The van der Waals surface area contributed by atoms with Gasteiger partial charge in [0.25, 0.3) is 0 Å². The summed E-state index contributed by atoms with van der Waals surface area (Å²) in [6, 6.07) is 14.4. The highest BCUT2D eigenvalue weighted by molar-refractivity contribution is 6.05. The molecule has 0 spiro atoms. The van der Waals surface area contributed by atoms with Gasteiger partial charge in [-0.05, 0) is 37.1 Å². The molecule has 2 amide bonds. The van der Waals surface area contributed by atoms with Crippen molar-refractivity contribution in [3.63, 3.8) is 0 Å². The molecule has 0 atom stereocenters. The molecule has 0 radical (unpaired) electrons. The molecule has 0 aromatic heterocycles. The summed E-state index contributed by atoms with van der Waals surface area (Å²) in [5, 5.41) is 0. The number of para-hydroxylation sites is 4. The van der Waals surface area contributed by atoms with Crippen LogP contribution in [0.15, 0.2) is 48.5 Å². The van der Waals surface area contributed by atoms with Gasteiger partial charge in [0.1, 0.15) is 0 Å². The van der Waals surface area contributed by atoms with E-state index in [-0.39, 0.29) is 11.8 Å². The van der Waals surface area contributed by atoms with E-state index in [1.807, 2.05) is 24.3 Å². The van der Waals surface area contributed by atoms with Gasteiger partial charge < -0.3 is 17.2 Å². The van der Waals surface area contributed by atoms with Gasteiger partial charge in [0.2, 0.25) is 11.8 Å². The number of nitrogens with two attached hydrogens (primary N) is 3. The first-order valence-electron chi connectivity index (χ1n) is 8.31. The van der Waals surface area contributed by atoms with Crippen LogP contribution < -0.4 is 22.1 Å². The molecule has 2 rings (SSSR count). The van der Waals surface area contributed by atoms with Crippen molar-refractivity contribution in [1.82, 2.24) is 0 Å². The van der Waals surface area contributed by atoms with Crippen LogP contribution in [0.25, 0.3) is 0 Å². The molecule has 0 aliphatic rings. The maximum atomic E-state index is 12.9. The standard InChI is InChI=1S/C19H24N4O2/c20-14-8-4-6-10-16(14)23(17-11-7-5-9-15(17)21)19(25)13-3-1-2-12-18(22)24/h4-11H,1-3,12-13,20-21H2,(H2,22,24). The number of anilines is 4. The summed E-state index contributed by atoms with van der Waals surface area (Å²) in [6.45, 7) is 0. The lowest BCUT2D eigenvalue weighted by atomic mass is 10.1. The van der Waals surface area contributed by atoms with E-state index in [0.717, 1.165) is 6.42 Å². The number of unbranched alkanes of at least 4 members (excludes halogenated alkanes) is 2. The minimum atomic E-state index is -0.318. The SMILES string of the molecule is NC(=O)CCCCCC(=O)N(c1ccccc1N)c1ccccc1N. The van der Waals surface area contributed by atoms with E-state index >= 15 is 0 Å². The third kappa shape index (κ3) is 4.97. The number of benzene rings is 2. The molecule has 0 unspecified atom stereocenters. The van der Waals surface area contributed by atoms with Crippen molar-refractivity contribution < 1.29 is 9.59 Å². The summed E-state index contributed by atoms with van der Waals surface area (Å²) < 4.78 is 0. The molecule has 25 heavy (non-hydrogen) atoms. The van der Waals surface area contributed by atoms with Gasteiger partial charge in [-0.15, -0.1) is 0 Å². The molecule has 2 aromatic rings. The Labute approximate surface area is 147 Å². The summed E-state index contributed by atoms with van der Waals surface area (Å²) in [5.41, 5.74) is 19.5. The number of carbonyl (C=O) groups excluding carboxylic acids is 2. The molecule has 0 bridgehead atoms. The third-order valence-electron chi connectivity index (χ3n) is 3.92. The van der Waals surface area contributed by atoms with Crippen molar-refractivity contribution in [3.05, 3.63) is 48.5 Å². The zero-order valence-corrected chi connectivity index (χ0v) is 14.2. The highest BCUT2D eigenvalue weighted by atomic mass is 16.2. The van der Waals surface area contributed by atoms with Crippen molar-refractivity contribution in [2.75, 3.05) is 16.4 Å². The summed E-state index contributed by atoms with van der Waals surface area (Å²) in [5.74, 6) is -0.406. The molecular formula is C19H24N4O2. The normalized spacial score (nSPS) is 10.4. The van der Waals surface area contributed by atoms with Crippen LogP contribution in [0, 0.1) is 0 Å². The number of carbonyl (C=O) groups is 2. The zero-order chi connectivity index (χ0) is 18.2. The third-order valence-corrected chi connectivity index (χ3v) is 3.92. The smallest absolute Gasteiger partial charge is 0.231 e. The Morgan fingerprint density at radius 2 is 1.24 bits per heavy atom. The van der Waals surface area contributed by atoms with E-state index in [2.05, 4.69) is 0 Å². The maximum Gasteiger partial charge on any atom is 0.231 e. The van der Waals surface area contributed by atoms with Gasteiger partial charge in [0, 0.05) is 12.8 Å². The minimum Gasteiger partial charge on any atom is -0.397 e. The van der Waals surface area contributed by atoms with Crippen LogP contribution in [0.4, 0.5) is 22.7 Å². The molecule has 132 valence electrons. The largest absolute Gasteiger partial charge is 0.397 e. The van der Waals surface area contributed by atoms with Crippen LogP contribution >= 0.6 is 0 Å². The van der Waals surface area contributed by atoms with Crippen molar-refractivity contribution >= 4 is 34.6 Å². The fourth-order valence-corrected chi connectivity index (χ4v) is 2.64. The molecule has 6 N–H and O–H groups in total. The van der Waals surface area contributed by atoms with Gasteiger partial charge in [0.15, 0.2) is 0 Å². The lowest BCUT2D eigenvalue weighted by Gasteiger charge is -2.25. The molecule has 0 saturated heterocycles. The topological polar surface area (TPSA) is 115 Å². The van der Waals surface area contributed by atoms with Crippen LogP contribution in [0.1, 0.15) is 32.1 Å². The molecule has 0 saturated carbocycles. The summed E-state index contributed by atoms with van der Waals surface area (Å²) >= 11 is 0. The lowest BCUT2D eigenvalue weighted by Crippen LogP contribution is -2.27. The molecule has 2 aromatic carbocycles. The van der Waals surface area contributed by atoms with Gasteiger partial charge in [-0.3, -0.25) is 14.5 Å². The van der Waals surface area contributed by atoms with E-state index in [0.29, 0.717) is 48.4 Å². The number of nitrogens with zero attached hydrogens (tertiary/aromatic N) is 1. The molecule has 0 fully saturated rings. The van der Waals surface area contributed by atoms with E-state index in [9.17, 15) is 9.59 Å². The van der Waals surface area contributed by atoms with Crippen LogP contribution in [0.3, 0.4) is 0 Å². The number of hydrogen-bond donors (Lipinski definition) is 3. The molecule has 0 aliphatic carbocycles. The van der Waals surface area contributed by atoms with E-state index in [1.165, 1.54) is 0 Å². The van der Waals surface area contributed by atoms with Crippen LogP contribution in [-0.4, -0.2) is 11.8 Å². The first-order valence-corrected chi connectivity index (χ1v) is 8.31. The fourth-order valence-electron chi connectivity index (χ4n) is 2.64. The number of nitrogen functional groups attached to an aromatic ring is 2. The average Bonchev–Trinajstić information content (AvgIpc) is 2.58. The Balaban J connectivity index is 2.18. The van der Waals surface area contributed by atoms with Crippen LogP contribution in [0.5, 0.6) is 0 Å². The van der Waals surface area contributed by atoms with Gasteiger partial charge in [-0.1, -0.05) is 30.7 Å². The Bertz CT molecular complexity index is 700. The van der Waals surface area contributed by atoms with Gasteiger partial charge in [-0.2, -0.15) is 0 Å². The Hall–Kier alpha value is -3.02. The first kappa shape index (κ1) is 18.3. The first-order chi connectivity index (χ1) is 12.0. The number of hydrogen-bond acceptors (Lipinski definition) is 4. The monoisotopic (exact) mass is 340 g/mol. The lowest BCUT2D eigenvalue weighted by molar-refractivity contribution is -0.118. The second kappa shape index (κ2) is 8.73. The number of rotatable bonds is 8. The van der Waals surface area contributed by atoms with Crippen LogP contribution in [0.2, 0.25) is 0 Å². The second-order valence-electron chi connectivity index (χ2n) is 5.87. The quantitative estimate of drug-likeness (QED) is 0.506. The summed E-state index contributed by atoms with van der Waals surface area (Å²) in [6.07, 6.45) is 2.79. The van der Waals surface area contributed by atoms with Gasteiger partial charge in [0.05, 0.1) is 22.7 Å². The highest BCUT2D eigenvalue weighted by Crippen LogP contribution is 2.34. The number of amides is 2. The van der Waals surface area contributed by atoms with Crippen molar-refractivity contribution in [2.45, 2.75) is 32.1 Å². The van der Waals surface area contributed by atoms with Crippen molar-refractivity contribution in [1.29, 1.82) is 0 Å². The Morgan fingerprint density at radius 3 is 1.72 bits per heavy atom. The fraction of sp³-hybridized carbons (Fsp3) is 0.263. The second-order valence-corrected chi connectivity index (χ2v) is 5.87. The van der Waals surface area contributed by atoms with E-state index in [4.69, 9.17) is 17.2 Å².